The summed E-state index contributed by atoms with van der Waals surface area (Å²) >= 11 is 0. The molecular weight excluding hydrogens is 272 g/mol. The van der Waals surface area contributed by atoms with E-state index in [9.17, 15) is 4.79 Å². The third-order valence-electron chi connectivity index (χ3n) is 4.09. The summed E-state index contributed by atoms with van der Waals surface area (Å²) in [6.07, 6.45) is 0. The van der Waals surface area contributed by atoms with Gasteiger partial charge in [-0.2, -0.15) is 0 Å². The Bertz CT molecular complexity index is 583. The first kappa shape index (κ1) is 16.2. The monoisotopic (exact) mass is 296 g/mol. The van der Waals surface area contributed by atoms with Crippen LogP contribution in [-0.2, 0) is 4.79 Å². The van der Waals surface area contributed by atoms with E-state index in [2.05, 4.69) is 24.4 Å². The topological polar surface area (TPSA) is 55.1 Å². The highest BCUT2D eigenvalue weighted by atomic mass is 16.1. The third kappa shape index (κ3) is 4.18. The fraction of sp³-hybridized carbons (Fsp3) is 0.316. The van der Waals surface area contributed by atoms with Gasteiger partial charge in [0.15, 0.2) is 0 Å². The van der Waals surface area contributed by atoms with E-state index in [1.807, 2.05) is 55.5 Å². The summed E-state index contributed by atoms with van der Waals surface area (Å²) in [6, 6.07) is 19.7. The van der Waals surface area contributed by atoms with Crippen LogP contribution in [0.5, 0.6) is 0 Å². The van der Waals surface area contributed by atoms with E-state index in [0.717, 1.165) is 5.56 Å². The molecule has 3 heteroatoms. The Morgan fingerprint density at radius 2 is 1.45 bits per heavy atom. The second-order valence-corrected chi connectivity index (χ2v) is 5.78. The van der Waals surface area contributed by atoms with Gasteiger partial charge in [0.1, 0.15) is 0 Å². The van der Waals surface area contributed by atoms with Crippen LogP contribution in [0.2, 0.25) is 0 Å². The normalized spacial score (nSPS) is 14.9. The van der Waals surface area contributed by atoms with Gasteiger partial charge in [-0.25, -0.2) is 0 Å². The Kier molecular flexibility index (Phi) is 5.73. The van der Waals surface area contributed by atoms with Crippen molar-refractivity contribution in [3.8, 4) is 0 Å². The smallest absolute Gasteiger partial charge is 0.224 e. The van der Waals surface area contributed by atoms with Gasteiger partial charge in [0.2, 0.25) is 5.91 Å². The second kappa shape index (κ2) is 7.76. The van der Waals surface area contributed by atoms with E-state index in [1.54, 1.807) is 0 Å². The van der Waals surface area contributed by atoms with E-state index < -0.39 is 0 Å². The number of nitrogens with one attached hydrogen (secondary N) is 1. The zero-order valence-corrected chi connectivity index (χ0v) is 13.2. The fourth-order valence-electron chi connectivity index (χ4n) is 2.44. The zero-order valence-electron chi connectivity index (χ0n) is 13.2. The van der Waals surface area contributed by atoms with E-state index in [1.165, 1.54) is 5.56 Å². The van der Waals surface area contributed by atoms with Crippen molar-refractivity contribution in [1.29, 1.82) is 0 Å². The lowest BCUT2D eigenvalue weighted by molar-refractivity contribution is -0.125. The molecule has 0 aliphatic rings. The molecule has 0 aliphatic heterocycles. The largest absolute Gasteiger partial charge is 0.355 e. The second-order valence-electron chi connectivity index (χ2n) is 5.78. The molecule has 0 bridgehead atoms. The van der Waals surface area contributed by atoms with Gasteiger partial charge < -0.3 is 11.1 Å². The summed E-state index contributed by atoms with van der Waals surface area (Å²) in [7, 11) is 0. The van der Waals surface area contributed by atoms with Crippen LogP contribution in [0.3, 0.4) is 0 Å². The summed E-state index contributed by atoms with van der Waals surface area (Å²) in [6.45, 7) is 4.60. The van der Waals surface area contributed by atoms with Crippen LogP contribution in [0.4, 0.5) is 0 Å². The van der Waals surface area contributed by atoms with Gasteiger partial charge in [-0.1, -0.05) is 74.5 Å². The highest BCUT2D eigenvalue weighted by Crippen LogP contribution is 2.19. The van der Waals surface area contributed by atoms with Gasteiger partial charge in [0.05, 0.1) is 5.92 Å². The molecule has 0 spiro atoms. The Balaban J connectivity index is 1.89. The third-order valence-corrected chi connectivity index (χ3v) is 4.09. The number of rotatable bonds is 6. The molecule has 2 aromatic carbocycles. The van der Waals surface area contributed by atoms with E-state index in [0.29, 0.717) is 6.54 Å². The maximum atomic E-state index is 12.3. The van der Waals surface area contributed by atoms with Gasteiger partial charge in [-0.05, 0) is 17.0 Å². The first-order valence-electron chi connectivity index (χ1n) is 7.72. The van der Waals surface area contributed by atoms with Gasteiger partial charge in [0, 0.05) is 12.6 Å². The van der Waals surface area contributed by atoms with Gasteiger partial charge in [-0.15, -0.1) is 0 Å². The zero-order chi connectivity index (χ0) is 15.9. The van der Waals surface area contributed by atoms with Gasteiger partial charge in [-0.3, -0.25) is 4.79 Å². The molecular formula is C19H24N2O. The van der Waals surface area contributed by atoms with Crippen molar-refractivity contribution >= 4 is 5.91 Å². The minimum Gasteiger partial charge on any atom is -0.355 e. The molecule has 0 heterocycles. The molecule has 3 atom stereocenters. The lowest BCUT2D eigenvalue weighted by atomic mass is 9.94. The van der Waals surface area contributed by atoms with Crippen LogP contribution in [0.1, 0.15) is 36.9 Å². The summed E-state index contributed by atoms with van der Waals surface area (Å²) < 4.78 is 0. The number of hydrogen-bond acceptors (Lipinski definition) is 2. The van der Waals surface area contributed by atoms with Crippen molar-refractivity contribution in [2.75, 3.05) is 6.54 Å². The Labute approximate surface area is 132 Å². The van der Waals surface area contributed by atoms with Crippen molar-refractivity contribution in [2.45, 2.75) is 25.8 Å². The van der Waals surface area contributed by atoms with Crippen molar-refractivity contribution in [1.82, 2.24) is 5.32 Å². The van der Waals surface area contributed by atoms with E-state index >= 15 is 0 Å². The molecule has 0 saturated carbocycles. The Hall–Kier alpha value is -2.13. The van der Waals surface area contributed by atoms with Crippen LogP contribution < -0.4 is 11.1 Å². The number of carbonyl (C=O) groups is 1. The number of nitrogens with two attached hydrogens (primary N) is 1. The fourth-order valence-corrected chi connectivity index (χ4v) is 2.44. The summed E-state index contributed by atoms with van der Waals surface area (Å²) in [5.41, 5.74) is 8.41. The van der Waals surface area contributed by atoms with Crippen molar-refractivity contribution in [3.63, 3.8) is 0 Å². The summed E-state index contributed by atoms with van der Waals surface area (Å²) in [5, 5.41) is 3.01. The molecule has 116 valence electrons. The van der Waals surface area contributed by atoms with Crippen LogP contribution in [0, 0.1) is 5.92 Å². The molecule has 0 aromatic heterocycles. The van der Waals surface area contributed by atoms with Crippen LogP contribution in [-0.4, -0.2) is 12.5 Å². The molecule has 0 aliphatic carbocycles. The minimum absolute atomic E-state index is 0.000802. The molecule has 0 fully saturated rings. The van der Waals surface area contributed by atoms with Gasteiger partial charge >= 0.3 is 0 Å². The molecule has 1 amide bonds. The highest BCUT2D eigenvalue weighted by Gasteiger charge is 2.22. The lowest BCUT2D eigenvalue weighted by Crippen LogP contribution is -2.37. The number of carbonyl (C=O) groups excluding carboxylic acids is 1. The molecule has 0 saturated heterocycles. The Morgan fingerprint density at radius 1 is 0.955 bits per heavy atom. The highest BCUT2D eigenvalue weighted by molar-refractivity contribution is 5.79. The lowest BCUT2D eigenvalue weighted by Gasteiger charge is -2.21. The first-order valence-corrected chi connectivity index (χ1v) is 7.72. The van der Waals surface area contributed by atoms with Crippen molar-refractivity contribution in [2.24, 2.45) is 11.7 Å². The van der Waals surface area contributed by atoms with Gasteiger partial charge in [0.25, 0.3) is 0 Å². The number of amides is 1. The maximum Gasteiger partial charge on any atom is 0.224 e. The SMILES string of the molecule is CC(CNC(=O)C(C)C(N)c1ccccc1)c1ccccc1. The van der Waals surface area contributed by atoms with Crippen LogP contribution in [0.25, 0.3) is 0 Å². The molecule has 2 rings (SSSR count). The molecule has 2 aromatic rings. The summed E-state index contributed by atoms with van der Waals surface area (Å²) in [4.78, 5) is 12.3. The number of hydrogen-bond donors (Lipinski definition) is 2. The van der Waals surface area contributed by atoms with Crippen molar-refractivity contribution in [3.05, 3.63) is 71.8 Å². The average Bonchev–Trinajstić information content (AvgIpc) is 2.59. The number of benzene rings is 2. The molecule has 0 radical (unpaired) electrons. The first-order chi connectivity index (χ1) is 10.6. The summed E-state index contributed by atoms with van der Waals surface area (Å²) in [5.74, 6) is 0.0230. The minimum atomic E-state index is -0.284. The van der Waals surface area contributed by atoms with Crippen LogP contribution in [0.15, 0.2) is 60.7 Å². The van der Waals surface area contributed by atoms with Crippen LogP contribution >= 0.6 is 0 Å². The molecule has 3 unspecified atom stereocenters. The predicted molar refractivity (Wildman–Crippen MR) is 90.4 cm³/mol. The maximum absolute atomic E-state index is 12.3. The molecule has 3 nitrogen and oxygen atoms in total. The quantitative estimate of drug-likeness (QED) is 0.860. The van der Waals surface area contributed by atoms with Crippen molar-refractivity contribution < 1.29 is 4.79 Å². The standard InChI is InChI=1S/C19H24N2O/c1-14(16-9-5-3-6-10-16)13-21-19(22)15(2)18(20)17-11-7-4-8-12-17/h3-12,14-15,18H,13,20H2,1-2H3,(H,21,22). The predicted octanol–water partition coefficient (Wildman–Crippen LogP) is 3.24. The van der Waals surface area contributed by atoms with E-state index in [-0.39, 0.29) is 23.8 Å². The Morgan fingerprint density at radius 3 is 2.00 bits per heavy atom. The molecule has 3 N–H and O–H groups in total. The molecule has 22 heavy (non-hydrogen) atoms. The van der Waals surface area contributed by atoms with E-state index in [4.69, 9.17) is 5.73 Å². The average molecular weight is 296 g/mol.